The molecule has 0 spiro atoms. The molecule has 0 aromatic rings. The second-order valence-corrected chi connectivity index (χ2v) is 13.5. The van der Waals surface area contributed by atoms with Crippen molar-refractivity contribution in [1.82, 2.24) is 10.6 Å². The van der Waals surface area contributed by atoms with E-state index in [2.05, 4.69) is 17.6 Å². The number of fused-ring (bicyclic) bond motifs is 5. The van der Waals surface area contributed by atoms with Crippen molar-refractivity contribution >= 4 is 29.2 Å². The van der Waals surface area contributed by atoms with Crippen molar-refractivity contribution in [3.05, 3.63) is 11.6 Å². The van der Waals surface area contributed by atoms with Gasteiger partial charge in [0.05, 0.1) is 12.5 Å². The van der Waals surface area contributed by atoms with Gasteiger partial charge in [-0.25, -0.2) is 0 Å². The van der Waals surface area contributed by atoms with E-state index >= 15 is 0 Å². The summed E-state index contributed by atoms with van der Waals surface area (Å²) >= 11 is 0. The number of carbonyl (C=O) groups is 5. The first-order valence-corrected chi connectivity index (χ1v) is 15.2. The van der Waals surface area contributed by atoms with Crippen LogP contribution in [0.3, 0.4) is 0 Å². The minimum Gasteiger partial charge on any atom is -0.393 e. The summed E-state index contributed by atoms with van der Waals surface area (Å²) in [6.07, 6.45) is 6.58. The molecule has 4 fully saturated rings. The largest absolute Gasteiger partial charge is 0.393 e. The molecular formula is C31H44N2O7. The molecule has 1 saturated heterocycles. The molecular weight excluding hydrogens is 512 g/mol. The molecule has 0 aromatic heterocycles. The Bertz CT molecular complexity index is 1130. The van der Waals surface area contributed by atoms with E-state index in [0.29, 0.717) is 25.8 Å². The fourth-order valence-electron chi connectivity index (χ4n) is 9.16. The van der Waals surface area contributed by atoms with E-state index in [1.807, 2.05) is 6.92 Å². The quantitative estimate of drug-likeness (QED) is 0.352. The molecule has 0 unspecified atom stereocenters. The molecule has 9 nitrogen and oxygen atoms in total. The van der Waals surface area contributed by atoms with Crippen LogP contribution in [-0.4, -0.2) is 63.7 Å². The number of nitrogens with one attached hydrogen (secondary N) is 2. The topological polar surface area (TPSA) is 150 Å². The van der Waals surface area contributed by atoms with Gasteiger partial charge in [0, 0.05) is 31.2 Å². The summed E-state index contributed by atoms with van der Waals surface area (Å²) < 4.78 is 0. The zero-order valence-electron chi connectivity index (χ0n) is 23.8. The first-order valence-electron chi connectivity index (χ1n) is 15.2. The van der Waals surface area contributed by atoms with Crippen molar-refractivity contribution in [1.29, 1.82) is 0 Å². The first-order chi connectivity index (χ1) is 18.9. The van der Waals surface area contributed by atoms with Gasteiger partial charge in [-0.2, -0.15) is 0 Å². The fourth-order valence-corrected chi connectivity index (χ4v) is 9.16. The van der Waals surface area contributed by atoms with Gasteiger partial charge < -0.3 is 20.8 Å². The van der Waals surface area contributed by atoms with E-state index < -0.39 is 47.1 Å². The van der Waals surface area contributed by atoms with Gasteiger partial charge in [-0.15, -0.1) is 0 Å². The van der Waals surface area contributed by atoms with Gasteiger partial charge >= 0.3 is 0 Å². The van der Waals surface area contributed by atoms with Crippen molar-refractivity contribution in [2.24, 2.45) is 28.6 Å². The highest BCUT2D eigenvalue weighted by Crippen LogP contribution is 2.67. The third-order valence-electron chi connectivity index (χ3n) is 11.4. The molecule has 2 amide bonds. The maximum absolute atomic E-state index is 13.5. The summed E-state index contributed by atoms with van der Waals surface area (Å²) in [6, 6.07) is -0.605. The predicted octanol–water partition coefficient (Wildman–Crippen LogP) is 2.31. The summed E-state index contributed by atoms with van der Waals surface area (Å²) in [5.74, 6) is -1.25. The van der Waals surface area contributed by atoms with Crippen LogP contribution in [-0.2, 0) is 24.0 Å². The second kappa shape index (κ2) is 10.8. The standard InChI is InChI=1S/C31H44N2O7/c1-29-12-10-20(35)15-18(29)6-8-21-22-11-13-31(40,30(22,2)17-24(36)27(21)29)25(37)16-19(34)7-9-26(38)33-23-5-3-4-14-32-28(23)39/h15,21-24,27,36,40H,3-14,16-17H2,1-2H3,(H,32,39)(H,33,38)/t21-,22-,23-,24+,27+,29-,30-,31-/m0/s1. The Labute approximate surface area is 235 Å². The number of aliphatic hydroxyl groups excluding tert-OH is 1. The monoisotopic (exact) mass is 556 g/mol. The van der Waals surface area contributed by atoms with Gasteiger partial charge in [0.15, 0.2) is 11.6 Å². The van der Waals surface area contributed by atoms with Gasteiger partial charge in [0.1, 0.15) is 17.4 Å². The molecule has 1 heterocycles. The lowest BCUT2D eigenvalue weighted by Gasteiger charge is -2.60. The van der Waals surface area contributed by atoms with Gasteiger partial charge in [0.2, 0.25) is 11.8 Å². The maximum atomic E-state index is 13.5. The molecule has 0 bridgehead atoms. The molecule has 3 saturated carbocycles. The number of aliphatic hydroxyl groups is 2. The number of amides is 2. The van der Waals surface area contributed by atoms with Gasteiger partial charge in [-0.3, -0.25) is 24.0 Å². The molecule has 8 atom stereocenters. The SMILES string of the molecule is C[C@]12CCC(=O)C=C1CC[C@@H]1[C@@H]2[C@H](O)C[C@@]2(C)[C@H]1CC[C@]2(O)C(=O)CC(=O)CCC(=O)N[C@H]1CCCCNC1=O. The molecule has 0 radical (unpaired) electrons. The summed E-state index contributed by atoms with van der Waals surface area (Å²) in [5, 5.41) is 28.8. The van der Waals surface area contributed by atoms with Crippen LogP contribution in [0.15, 0.2) is 11.6 Å². The highest BCUT2D eigenvalue weighted by Gasteiger charge is 2.68. The molecule has 40 heavy (non-hydrogen) atoms. The Morgan fingerprint density at radius 3 is 2.60 bits per heavy atom. The van der Waals surface area contributed by atoms with E-state index in [9.17, 15) is 34.2 Å². The molecule has 4 aliphatic carbocycles. The zero-order valence-corrected chi connectivity index (χ0v) is 23.8. The normalized spacial score (nSPS) is 41.0. The first kappa shape index (κ1) is 29.1. The van der Waals surface area contributed by atoms with Crippen molar-refractivity contribution in [2.75, 3.05) is 6.54 Å². The lowest BCUT2D eigenvalue weighted by Crippen LogP contribution is -2.61. The van der Waals surface area contributed by atoms with E-state index in [1.54, 1.807) is 6.08 Å². The third-order valence-corrected chi connectivity index (χ3v) is 11.4. The molecule has 9 heteroatoms. The zero-order chi connectivity index (χ0) is 28.9. The van der Waals surface area contributed by atoms with Crippen LogP contribution >= 0.6 is 0 Å². The minimum atomic E-state index is -1.71. The molecule has 4 N–H and O–H groups in total. The van der Waals surface area contributed by atoms with Crippen molar-refractivity contribution in [3.63, 3.8) is 0 Å². The summed E-state index contributed by atoms with van der Waals surface area (Å²) in [7, 11) is 0. The molecule has 5 rings (SSSR count). The van der Waals surface area contributed by atoms with E-state index in [-0.39, 0.29) is 60.5 Å². The number of hydrogen-bond donors (Lipinski definition) is 4. The number of allylic oxidation sites excluding steroid dienone is 1. The van der Waals surface area contributed by atoms with Crippen LogP contribution in [0, 0.1) is 28.6 Å². The van der Waals surface area contributed by atoms with Gasteiger partial charge in [-0.05, 0) is 87.0 Å². The predicted molar refractivity (Wildman–Crippen MR) is 146 cm³/mol. The number of ketones is 3. The minimum absolute atomic E-state index is 0.0215. The Kier molecular flexibility index (Phi) is 7.85. The maximum Gasteiger partial charge on any atom is 0.242 e. The van der Waals surface area contributed by atoms with Crippen LogP contribution in [0.25, 0.3) is 0 Å². The van der Waals surface area contributed by atoms with Crippen LogP contribution in [0.1, 0.15) is 97.3 Å². The number of Topliss-reactive ketones (excluding diaryl/α,β-unsaturated/α-hetero) is 2. The van der Waals surface area contributed by atoms with Crippen molar-refractivity contribution in [2.45, 2.75) is 115 Å². The number of carbonyl (C=O) groups excluding carboxylic acids is 5. The fraction of sp³-hybridized carbons (Fsp3) is 0.774. The van der Waals surface area contributed by atoms with Crippen LogP contribution in [0.2, 0.25) is 0 Å². The van der Waals surface area contributed by atoms with E-state index in [4.69, 9.17) is 0 Å². The average molecular weight is 557 g/mol. The van der Waals surface area contributed by atoms with E-state index in [1.165, 1.54) is 0 Å². The molecule has 220 valence electrons. The third kappa shape index (κ3) is 4.87. The smallest absolute Gasteiger partial charge is 0.242 e. The second-order valence-electron chi connectivity index (χ2n) is 13.5. The van der Waals surface area contributed by atoms with Crippen LogP contribution < -0.4 is 10.6 Å². The number of hydrogen-bond acceptors (Lipinski definition) is 7. The summed E-state index contributed by atoms with van der Waals surface area (Å²) in [6.45, 7) is 4.65. The number of rotatable bonds is 7. The van der Waals surface area contributed by atoms with Gasteiger partial charge in [0.25, 0.3) is 0 Å². The Morgan fingerprint density at radius 2 is 1.82 bits per heavy atom. The van der Waals surface area contributed by atoms with Crippen LogP contribution in [0.5, 0.6) is 0 Å². The highest BCUT2D eigenvalue weighted by atomic mass is 16.3. The van der Waals surface area contributed by atoms with Crippen molar-refractivity contribution < 1.29 is 34.2 Å². The molecule has 0 aromatic carbocycles. The molecule has 5 aliphatic rings. The van der Waals surface area contributed by atoms with Crippen molar-refractivity contribution in [3.8, 4) is 0 Å². The average Bonchev–Trinajstić information content (AvgIpc) is 3.02. The summed E-state index contributed by atoms with van der Waals surface area (Å²) in [5.41, 5.74) is -1.68. The van der Waals surface area contributed by atoms with Crippen LogP contribution in [0.4, 0.5) is 0 Å². The Hall–Kier alpha value is -2.39. The Balaban J connectivity index is 1.22. The highest BCUT2D eigenvalue weighted by molar-refractivity contribution is 6.04. The Morgan fingerprint density at radius 1 is 1.05 bits per heavy atom. The van der Waals surface area contributed by atoms with E-state index in [0.717, 1.165) is 37.7 Å². The lowest BCUT2D eigenvalue weighted by molar-refractivity contribution is -0.180. The lowest BCUT2D eigenvalue weighted by atomic mass is 9.45. The molecule has 1 aliphatic heterocycles. The van der Waals surface area contributed by atoms with Gasteiger partial charge in [-0.1, -0.05) is 19.4 Å². The summed E-state index contributed by atoms with van der Waals surface area (Å²) in [4.78, 5) is 62.9.